The van der Waals surface area contributed by atoms with Gasteiger partial charge in [-0.1, -0.05) is 121 Å². The summed E-state index contributed by atoms with van der Waals surface area (Å²) in [7, 11) is 0. The number of hydrogen-bond donors (Lipinski definition) is 0. The summed E-state index contributed by atoms with van der Waals surface area (Å²) in [6.07, 6.45) is 6.22. The number of allylic oxidation sites excluding steroid dienone is 4. The van der Waals surface area contributed by atoms with Gasteiger partial charge in [0.05, 0.1) is 11.4 Å². The predicted octanol–water partition coefficient (Wildman–Crippen LogP) is 13.1. The number of rotatable bonds is 8. The maximum Gasteiger partial charge on any atom is 0.160 e. The molecule has 0 N–H and O–H groups in total. The van der Waals surface area contributed by atoms with E-state index < -0.39 is 0 Å². The molecule has 0 saturated carbocycles. The molecule has 0 aliphatic rings. The highest BCUT2D eigenvalue weighted by molar-refractivity contribution is 6.07. The first-order chi connectivity index (χ1) is 25.1. The number of benzene rings is 6. The molecule has 8 rings (SSSR count). The minimum atomic E-state index is 0.678. The molecule has 4 heteroatoms. The molecular formula is C47H36N2O2. The van der Waals surface area contributed by atoms with Gasteiger partial charge < -0.3 is 9.15 Å². The van der Waals surface area contributed by atoms with Crippen molar-refractivity contribution in [3.05, 3.63) is 175 Å². The van der Waals surface area contributed by atoms with Gasteiger partial charge in [0.1, 0.15) is 22.7 Å². The first-order valence-electron chi connectivity index (χ1n) is 17.2. The van der Waals surface area contributed by atoms with E-state index in [1.165, 1.54) is 5.56 Å². The summed E-state index contributed by atoms with van der Waals surface area (Å²) in [5.41, 5.74) is 12.0. The van der Waals surface area contributed by atoms with Crippen molar-refractivity contribution >= 4 is 27.5 Å². The summed E-state index contributed by atoms with van der Waals surface area (Å²) in [6, 6.07) is 49.8. The second kappa shape index (κ2) is 13.8. The molecule has 0 fully saturated rings. The summed E-state index contributed by atoms with van der Waals surface area (Å²) in [4.78, 5) is 10.2. The molecule has 0 aliphatic carbocycles. The Balaban J connectivity index is 1.11. The van der Waals surface area contributed by atoms with Crippen LogP contribution < -0.4 is 4.74 Å². The Kier molecular flexibility index (Phi) is 8.57. The van der Waals surface area contributed by atoms with E-state index in [9.17, 15) is 0 Å². The molecule has 0 spiro atoms. The van der Waals surface area contributed by atoms with Gasteiger partial charge in [0.25, 0.3) is 0 Å². The summed E-state index contributed by atoms with van der Waals surface area (Å²) >= 11 is 0. The molecular weight excluding hydrogens is 625 g/mol. The summed E-state index contributed by atoms with van der Waals surface area (Å²) < 4.78 is 12.5. The van der Waals surface area contributed by atoms with E-state index in [1.54, 1.807) is 0 Å². The first-order valence-corrected chi connectivity index (χ1v) is 17.2. The summed E-state index contributed by atoms with van der Waals surface area (Å²) in [5, 5.41) is 2.18. The lowest BCUT2D eigenvalue weighted by atomic mass is 10.00. The molecule has 0 radical (unpaired) electrons. The van der Waals surface area contributed by atoms with Crippen molar-refractivity contribution in [2.45, 2.75) is 20.8 Å². The average Bonchev–Trinajstić information content (AvgIpc) is 3.58. The van der Waals surface area contributed by atoms with Crippen molar-refractivity contribution < 1.29 is 9.15 Å². The fourth-order valence-electron chi connectivity index (χ4n) is 6.63. The number of furan rings is 1. The van der Waals surface area contributed by atoms with Crippen LogP contribution in [-0.4, -0.2) is 9.97 Å². The third kappa shape index (κ3) is 6.36. The molecule has 51 heavy (non-hydrogen) atoms. The van der Waals surface area contributed by atoms with Crippen molar-refractivity contribution in [1.82, 2.24) is 9.97 Å². The SMILES string of the molecule is C/C=C\C(=C/C)c1cc(-c2cccc(-c3ccccc3)c2)nc(-c2ccc(-c3cccc(Oc4ccc5oc6ccccc6c5c4C)c3)cc2)n1. The normalized spacial score (nSPS) is 11.9. The maximum atomic E-state index is 6.48. The van der Waals surface area contributed by atoms with Crippen LogP contribution in [0.15, 0.2) is 168 Å². The van der Waals surface area contributed by atoms with Crippen LogP contribution in [0.5, 0.6) is 11.5 Å². The molecule has 0 bridgehead atoms. The highest BCUT2D eigenvalue weighted by Crippen LogP contribution is 2.38. The van der Waals surface area contributed by atoms with Crippen molar-refractivity contribution in [3.63, 3.8) is 0 Å². The van der Waals surface area contributed by atoms with Crippen LogP contribution in [0.2, 0.25) is 0 Å². The van der Waals surface area contributed by atoms with Gasteiger partial charge in [0.2, 0.25) is 0 Å². The zero-order valence-electron chi connectivity index (χ0n) is 28.8. The molecule has 2 aromatic heterocycles. The van der Waals surface area contributed by atoms with Gasteiger partial charge in [-0.2, -0.15) is 0 Å². The standard InChI is InChI=1S/C47H36N2O2/c1-4-13-32(5-2)41-30-42(38-18-11-16-36(28-38)33-14-7-6-8-15-33)49-47(48-41)35-24-22-34(23-25-35)37-17-12-19-39(29-37)50-43-26-27-45-46(31(43)3)40-20-9-10-21-44(40)51-45/h4-30H,1-3H3/b13-4-,32-5+. The van der Waals surface area contributed by atoms with Crippen molar-refractivity contribution in [3.8, 4) is 56.4 Å². The average molecular weight is 661 g/mol. The van der Waals surface area contributed by atoms with E-state index in [-0.39, 0.29) is 0 Å². The van der Waals surface area contributed by atoms with Crippen LogP contribution >= 0.6 is 0 Å². The Morgan fingerprint density at radius 2 is 1.27 bits per heavy atom. The number of para-hydroxylation sites is 1. The Labute approximate surface area is 298 Å². The Hall–Kier alpha value is -6.52. The second-order valence-electron chi connectivity index (χ2n) is 12.5. The van der Waals surface area contributed by atoms with Crippen LogP contribution in [0.25, 0.3) is 72.4 Å². The lowest BCUT2D eigenvalue weighted by Crippen LogP contribution is -1.98. The van der Waals surface area contributed by atoms with Gasteiger partial charge >= 0.3 is 0 Å². The van der Waals surface area contributed by atoms with E-state index >= 15 is 0 Å². The third-order valence-corrected chi connectivity index (χ3v) is 9.24. The van der Waals surface area contributed by atoms with E-state index in [4.69, 9.17) is 19.1 Å². The van der Waals surface area contributed by atoms with Crippen molar-refractivity contribution in [1.29, 1.82) is 0 Å². The number of fused-ring (bicyclic) bond motifs is 3. The monoisotopic (exact) mass is 660 g/mol. The van der Waals surface area contributed by atoms with E-state index in [1.807, 2.05) is 68.5 Å². The minimum absolute atomic E-state index is 0.678. The molecule has 8 aromatic rings. The van der Waals surface area contributed by atoms with E-state index in [0.29, 0.717) is 5.82 Å². The van der Waals surface area contributed by atoms with Crippen LogP contribution in [0.3, 0.4) is 0 Å². The second-order valence-corrected chi connectivity index (χ2v) is 12.5. The maximum absolute atomic E-state index is 6.48. The Morgan fingerprint density at radius 1 is 0.588 bits per heavy atom. The van der Waals surface area contributed by atoms with Gasteiger partial charge in [-0.05, 0) is 91.1 Å². The quantitative estimate of drug-likeness (QED) is 0.152. The van der Waals surface area contributed by atoms with E-state index in [2.05, 4.69) is 116 Å². The molecule has 0 atom stereocenters. The van der Waals surface area contributed by atoms with Crippen molar-refractivity contribution in [2.24, 2.45) is 0 Å². The largest absolute Gasteiger partial charge is 0.457 e. The first kappa shape index (κ1) is 31.7. The van der Waals surface area contributed by atoms with Crippen LogP contribution in [0.1, 0.15) is 25.1 Å². The molecule has 0 aliphatic heterocycles. The summed E-state index contributed by atoms with van der Waals surface area (Å²) in [5.74, 6) is 2.26. The lowest BCUT2D eigenvalue weighted by molar-refractivity contribution is 0.480. The molecule has 2 heterocycles. The van der Waals surface area contributed by atoms with Gasteiger partial charge in [0.15, 0.2) is 5.82 Å². The molecule has 246 valence electrons. The molecule has 0 saturated heterocycles. The molecule has 6 aromatic carbocycles. The molecule has 4 nitrogen and oxygen atoms in total. The summed E-state index contributed by atoms with van der Waals surface area (Å²) in [6.45, 7) is 6.15. The third-order valence-electron chi connectivity index (χ3n) is 9.24. The van der Waals surface area contributed by atoms with Crippen LogP contribution in [0.4, 0.5) is 0 Å². The van der Waals surface area contributed by atoms with Gasteiger partial charge in [0, 0.05) is 27.5 Å². The van der Waals surface area contributed by atoms with E-state index in [0.717, 1.165) is 83.8 Å². The van der Waals surface area contributed by atoms with Gasteiger partial charge in [-0.25, -0.2) is 9.97 Å². The zero-order chi connectivity index (χ0) is 34.7. The smallest absolute Gasteiger partial charge is 0.160 e. The lowest BCUT2D eigenvalue weighted by Gasteiger charge is -2.12. The van der Waals surface area contributed by atoms with Gasteiger partial charge in [-0.3, -0.25) is 0 Å². The number of nitrogens with zero attached hydrogens (tertiary/aromatic N) is 2. The topological polar surface area (TPSA) is 48.2 Å². The zero-order valence-corrected chi connectivity index (χ0v) is 28.8. The highest BCUT2D eigenvalue weighted by atomic mass is 16.5. The Bertz CT molecular complexity index is 2580. The molecule has 0 amide bonds. The predicted molar refractivity (Wildman–Crippen MR) is 211 cm³/mol. The number of hydrogen-bond acceptors (Lipinski definition) is 4. The minimum Gasteiger partial charge on any atom is -0.457 e. The van der Waals surface area contributed by atoms with Crippen molar-refractivity contribution in [2.75, 3.05) is 0 Å². The highest BCUT2D eigenvalue weighted by Gasteiger charge is 2.15. The fourth-order valence-corrected chi connectivity index (χ4v) is 6.63. The number of ether oxygens (including phenoxy) is 1. The Morgan fingerprint density at radius 3 is 2.08 bits per heavy atom. The number of aryl methyl sites for hydroxylation is 1. The van der Waals surface area contributed by atoms with Gasteiger partial charge in [-0.15, -0.1) is 0 Å². The van der Waals surface area contributed by atoms with Crippen LogP contribution in [-0.2, 0) is 0 Å². The molecule has 0 unspecified atom stereocenters. The number of aromatic nitrogens is 2. The fraction of sp³-hybridized carbons (Fsp3) is 0.0638. The van der Waals surface area contributed by atoms with Crippen LogP contribution in [0, 0.1) is 6.92 Å².